The molecule has 1 N–H and O–H groups in total. The third-order valence-electron chi connectivity index (χ3n) is 3.46. The molecule has 106 valence electrons. The van der Waals surface area contributed by atoms with Crippen LogP contribution in [-0.4, -0.2) is 34.2 Å². The van der Waals surface area contributed by atoms with E-state index in [0.29, 0.717) is 10.6 Å². The lowest BCUT2D eigenvalue weighted by molar-refractivity contribution is -0.145. The third-order valence-corrected chi connectivity index (χ3v) is 3.81. The monoisotopic (exact) mass is 337 g/mol. The Hall–Kier alpha value is -1.05. The van der Waals surface area contributed by atoms with Crippen LogP contribution in [0.25, 0.3) is 0 Å². The lowest BCUT2D eigenvalue weighted by atomic mass is 9.78. The van der Waals surface area contributed by atoms with Gasteiger partial charge in [0, 0.05) is 12.8 Å². The largest absolute Gasteiger partial charge is 0.468 e. The van der Waals surface area contributed by atoms with Crippen LogP contribution in [0.3, 0.4) is 0 Å². The summed E-state index contributed by atoms with van der Waals surface area (Å²) < 4.78 is 31.4. The van der Waals surface area contributed by atoms with Crippen molar-refractivity contribution in [2.75, 3.05) is 7.11 Å². The van der Waals surface area contributed by atoms with Gasteiger partial charge in [0.15, 0.2) is 0 Å². The molecule has 19 heavy (non-hydrogen) atoms. The molecule has 0 radical (unpaired) electrons. The maximum atomic E-state index is 13.2. The van der Waals surface area contributed by atoms with E-state index in [-0.39, 0.29) is 31.6 Å². The minimum Gasteiger partial charge on any atom is -0.468 e. The Bertz CT molecular complexity index is 457. The predicted molar refractivity (Wildman–Crippen MR) is 65.7 cm³/mol. The van der Waals surface area contributed by atoms with Crippen LogP contribution in [0, 0.1) is 5.92 Å². The number of ether oxygens (including phenoxy) is 1. The van der Waals surface area contributed by atoms with Gasteiger partial charge >= 0.3 is 5.97 Å². The van der Waals surface area contributed by atoms with Crippen molar-refractivity contribution < 1.29 is 18.3 Å². The number of hydrogen-bond donors (Lipinski definition) is 1. The maximum absolute atomic E-state index is 13.2. The minimum absolute atomic E-state index is 0.202. The van der Waals surface area contributed by atoms with Gasteiger partial charge in [-0.05, 0) is 34.7 Å². The molecule has 5 nitrogen and oxygen atoms in total. The number of H-pyrrole nitrogens is 1. The van der Waals surface area contributed by atoms with Gasteiger partial charge in [-0.1, -0.05) is 0 Å². The first-order valence-corrected chi connectivity index (χ1v) is 6.76. The highest BCUT2D eigenvalue weighted by Crippen LogP contribution is 2.42. The SMILES string of the molecule is COC(=O)C(c1nc(Br)n[nH]1)C1CCC(F)(F)CC1. The number of aromatic nitrogens is 3. The summed E-state index contributed by atoms with van der Waals surface area (Å²) >= 11 is 3.09. The number of carbonyl (C=O) groups excluding carboxylic acids is 1. The Morgan fingerprint density at radius 2 is 2.16 bits per heavy atom. The van der Waals surface area contributed by atoms with Crippen LogP contribution >= 0.6 is 15.9 Å². The van der Waals surface area contributed by atoms with E-state index in [9.17, 15) is 13.6 Å². The van der Waals surface area contributed by atoms with Crippen LogP contribution in [0.5, 0.6) is 0 Å². The first kappa shape index (κ1) is 14.4. The quantitative estimate of drug-likeness (QED) is 0.861. The van der Waals surface area contributed by atoms with Gasteiger partial charge in [-0.3, -0.25) is 9.89 Å². The average Bonchev–Trinajstić information content (AvgIpc) is 2.78. The highest BCUT2D eigenvalue weighted by Gasteiger charge is 2.41. The molecule has 1 saturated carbocycles. The molecule has 1 fully saturated rings. The van der Waals surface area contributed by atoms with E-state index >= 15 is 0 Å². The van der Waals surface area contributed by atoms with Gasteiger partial charge in [0.2, 0.25) is 10.7 Å². The molecular weight excluding hydrogens is 324 g/mol. The maximum Gasteiger partial charge on any atom is 0.316 e. The van der Waals surface area contributed by atoms with Gasteiger partial charge in [0.25, 0.3) is 0 Å². The van der Waals surface area contributed by atoms with Crippen molar-refractivity contribution in [3.63, 3.8) is 0 Å². The second kappa shape index (κ2) is 5.52. The molecule has 0 aliphatic heterocycles. The van der Waals surface area contributed by atoms with E-state index in [2.05, 4.69) is 31.1 Å². The van der Waals surface area contributed by atoms with E-state index < -0.39 is 17.8 Å². The highest BCUT2D eigenvalue weighted by atomic mass is 79.9. The van der Waals surface area contributed by atoms with E-state index in [4.69, 9.17) is 4.74 Å². The molecule has 8 heteroatoms. The number of alkyl halides is 2. The number of carbonyl (C=O) groups is 1. The van der Waals surface area contributed by atoms with Gasteiger partial charge < -0.3 is 4.74 Å². The molecule has 1 aliphatic carbocycles. The summed E-state index contributed by atoms with van der Waals surface area (Å²) in [6.07, 6.45) is 0.122. The Kier molecular flexibility index (Phi) is 4.17. The average molecular weight is 338 g/mol. The highest BCUT2D eigenvalue weighted by molar-refractivity contribution is 9.10. The molecule has 1 unspecified atom stereocenters. The predicted octanol–water partition coefficient (Wildman–Crippen LogP) is 2.65. The number of rotatable bonds is 3. The first-order chi connectivity index (χ1) is 8.93. The zero-order chi connectivity index (χ0) is 14.0. The molecule has 0 amide bonds. The normalized spacial score (nSPS) is 21.1. The van der Waals surface area contributed by atoms with Crippen LogP contribution in [0.15, 0.2) is 4.73 Å². The van der Waals surface area contributed by atoms with E-state index in [1.165, 1.54) is 7.11 Å². The molecule has 0 aromatic carbocycles. The molecule has 0 saturated heterocycles. The minimum atomic E-state index is -2.63. The standard InChI is InChI=1S/C11H14BrF2N3O2/c1-19-9(18)7(8-15-10(12)17-16-8)6-2-4-11(13,14)5-3-6/h6-7H,2-5H2,1H3,(H,15,16,17). The number of esters is 1. The molecule has 1 aliphatic rings. The molecule has 1 atom stereocenters. The summed E-state index contributed by atoms with van der Waals surface area (Å²) in [5.74, 6) is -3.61. The molecular formula is C11H14BrF2N3O2. The zero-order valence-electron chi connectivity index (χ0n) is 10.3. The van der Waals surface area contributed by atoms with Crippen molar-refractivity contribution in [2.45, 2.75) is 37.5 Å². The molecule has 0 bridgehead atoms. The molecule has 0 spiro atoms. The number of nitrogens with zero attached hydrogens (tertiary/aromatic N) is 2. The van der Waals surface area contributed by atoms with Crippen LogP contribution in [-0.2, 0) is 9.53 Å². The number of hydrogen-bond acceptors (Lipinski definition) is 4. The van der Waals surface area contributed by atoms with Crippen LogP contribution < -0.4 is 0 Å². The fourth-order valence-electron chi connectivity index (χ4n) is 2.44. The summed E-state index contributed by atoms with van der Waals surface area (Å²) in [5, 5.41) is 6.44. The Morgan fingerprint density at radius 3 is 2.63 bits per heavy atom. The zero-order valence-corrected chi connectivity index (χ0v) is 11.9. The van der Waals surface area contributed by atoms with E-state index in [1.807, 2.05) is 0 Å². The summed E-state index contributed by atoms with van der Waals surface area (Å²) in [6, 6.07) is 0. The number of nitrogens with one attached hydrogen (secondary N) is 1. The Balaban J connectivity index is 2.17. The molecule has 1 aromatic heterocycles. The van der Waals surface area contributed by atoms with E-state index in [1.54, 1.807) is 0 Å². The lowest BCUT2D eigenvalue weighted by Gasteiger charge is -2.31. The van der Waals surface area contributed by atoms with Gasteiger partial charge in [-0.2, -0.15) is 0 Å². The number of methoxy groups -OCH3 is 1. The smallest absolute Gasteiger partial charge is 0.316 e. The van der Waals surface area contributed by atoms with Gasteiger partial charge in [-0.25, -0.2) is 13.8 Å². The second-order valence-electron chi connectivity index (χ2n) is 4.68. The molecule has 1 aromatic rings. The van der Waals surface area contributed by atoms with Crippen molar-refractivity contribution in [3.05, 3.63) is 10.6 Å². The first-order valence-electron chi connectivity index (χ1n) is 5.96. The van der Waals surface area contributed by atoms with Gasteiger partial charge in [0.05, 0.1) is 7.11 Å². The summed E-state index contributed by atoms with van der Waals surface area (Å²) in [7, 11) is 1.28. The summed E-state index contributed by atoms with van der Waals surface area (Å²) in [4.78, 5) is 15.9. The second-order valence-corrected chi connectivity index (χ2v) is 5.39. The fourth-order valence-corrected chi connectivity index (χ4v) is 2.72. The number of aromatic amines is 1. The van der Waals surface area contributed by atoms with Gasteiger partial charge in [0.1, 0.15) is 11.7 Å². The van der Waals surface area contributed by atoms with E-state index in [0.717, 1.165) is 0 Å². The lowest BCUT2D eigenvalue weighted by Crippen LogP contribution is -2.32. The van der Waals surface area contributed by atoms with Crippen LogP contribution in [0.1, 0.15) is 37.4 Å². The van der Waals surface area contributed by atoms with Gasteiger partial charge in [-0.15, -0.1) is 5.10 Å². The fraction of sp³-hybridized carbons (Fsp3) is 0.727. The summed E-state index contributed by atoms with van der Waals surface area (Å²) in [6.45, 7) is 0. The summed E-state index contributed by atoms with van der Waals surface area (Å²) in [5.41, 5.74) is 0. The molecule has 1 heterocycles. The van der Waals surface area contributed by atoms with Crippen molar-refractivity contribution in [1.82, 2.24) is 15.2 Å². The Labute approximate surface area is 117 Å². The van der Waals surface area contributed by atoms with Crippen molar-refractivity contribution in [3.8, 4) is 0 Å². The van der Waals surface area contributed by atoms with Crippen molar-refractivity contribution in [1.29, 1.82) is 0 Å². The van der Waals surface area contributed by atoms with Crippen molar-refractivity contribution >= 4 is 21.9 Å². The third kappa shape index (κ3) is 3.29. The van der Waals surface area contributed by atoms with Crippen LogP contribution in [0.4, 0.5) is 8.78 Å². The van der Waals surface area contributed by atoms with Crippen LogP contribution in [0.2, 0.25) is 0 Å². The van der Waals surface area contributed by atoms with Crippen molar-refractivity contribution in [2.24, 2.45) is 5.92 Å². The Morgan fingerprint density at radius 1 is 1.53 bits per heavy atom. The topological polar surface area (TPSA) is 67.9 Å². The number of halogens is 3. The molecule has 2 rings (SSSR count).